The number of halogens is 6. The van der Waals surface area contributed by atoms with E-state index < -0.39 is 35.6 Å². The molecule has 0 aliphatic heterocycles. The number of hydrogen-bond acceptors (Lipinski definition) is 4. The Hall–Kier alpha value is -7.22. The number of aryl methyl sites for hydroxylation is 1. The van der Waals surface area contributed by atoms with Crippen molar-refractivity contribution in [2.75, 3.05) is 0 Å². The van der Waals surface area contributed by atoms with Gasteiger partial charge in [0.1, 0.15) is 0 Å². The maximum atomic E-state index is 13.3. The van der Waals surface area contributed by atoms with Crippen molar-refractivity contribution in [3.05, 3.63) is 168 Å². The van der Waals surface area contributed by atoms with E-state index in [2.05, 4.69) is 10.2 Å². The van der Waals surface area contributed by atoms with Gasteiger partial charge in [-0.2, -0.15) is 36.5 Å². The van der Waals surface area contributed by atoms with Gasteiger partial charge in [0.25, 0.3) is 0 Å². The van der Waals surface area contributed by atoms with Crippen molar-refractivity contribution in [3.63, 3.8) is 0 Å². The van der Waals surface area contributed by atoms with E-state index in [1.807, 2.05) is 73.7 Å². The highest BCUT2D eigenvalue weighted by molar-refractivity contribution is 5.94. The molecule has 0 atom stereocenters. The molecule has 8 rings (SSSR count). The molecule has 286 valence electrons. The summed E-state index contributed by atoms with van der Waals surface area (Å²) in [7, 11) is 0. The summed E-state index contributed by atoms with van der Waals surface area (Å²) in [6, 6.07) is 38.3. The smallest absolute Gasteiger partial charge is 0.366 e. The van der Waals surface area contributed by atoms with Crippen molar-refractivity contribution in [2.24, 2.45) is 11.5 Å². The average Bonchev–Trinajstić information content (AvgIpc) is 3.85. The molecular weight excluding hydrogens is 747 g/mol. The molecule has 0 fully saturated rings. The first-order valence-corrected chi connectivity index (χ1v) is 17.2. The molecule has 0 spiro atoms. The summed E-state index contributed by atoms with van der Waals surface area (Å²) in [6.45, 7) is 1.98. The van der Waals surface area contributed by atoms with Gasteiger partial charge in [-0.05, 0) is 101 Å². The highest BCUT2D eigenvalue weighted by Crippen LogP contribution is 2.36. The lowest BCUT2D eigenvalue weighted by molar-refractivity contribution is -0.142. The van der Waals surface area contributed by atoms with Crippen molar-refractivity contribution >= 4 is 33.4 Å². The van der Waals surface area contributed by atoms with Crippen LogP contribution in [-0.4, -0.2) is 31.4 Å². The van der Waals surface area contributed by atoms with Crippen molar-refractivity contribution in [1.29, 1.82) is 0 Å². The topological polar surface area (TPSA) is 122 Å². The molecule has 0 saturated heterocycles. The van der Waals surface area contributed by atoms with E-state index in [0.717, 1.165) is 39.2 Å². The molecule has 14 heteroatoms. The Balaban J connectivity index is 0.000000174. The first kappa shape index (κ1) is 38.1. The molecule has 0 aliphatic carbocycles. The monoisotopic (exact) mass is 776 g/mol. The van der Waals surface area contributed by atoms with E-state index in [1.165, 1.54) is 57.9 Å². The minimum atomic E-state index is -4.58. The Bertz CT molecular complexity index is 2790. The van der Waals surface area contributed by atoms with E-state index in [4.69, 9.17) is 11.5 Å². The van der Waals surface area contributed by atoms with Crippen LogP contribution in [0.2, 0.25) is 0 Å². The quantitative estimate of drug-likeness (QED) is 0.163. The third-order valence-corrected chi connectivity index (χ3v) is 9.13. The minimum Gasteiger partial charge on any atom is -0.366 e. The standard InChI is InChI=1S/C22H16F3N3O.C21H14F3N3O/c1-13-2-3-16-11-17(5-4-15(16)10-13)19-12-20(22(23,24)25)27-28(19)18-8-6-14(7-9-18)21(26)29;22-21(23,24)19-12-18(16-6-5-13-3-1-2-4-15(13)11-16)27(26-19)17-9-7-14(8-10-17)20(25)28/h2-12H,1H3,(H2,26,29);1-12H,(H2,25,28). The summed E-state index contributed by atoms with van der Waals surface area (Å²) in [5, 5.41) is 11.3. The summed E-state index contributed by atoms with van der Waals surface area (Å²) in [4.78, 5) is 22.5. The fraction of sp³-hybridized carbons (Fsp3) is 0.0698. The first-order valence-electron chi connectivity index (χ1n) is 17.2. The zero-order valence-corrected chi connectivity index (χ0v) is 29.8. The van der Waals surface area contributed by atoms with Crippen LogP contribution in [0.4, 0.5) is 26.3 Å². The second-order valence-electron chi connectivity index (χ2n) is 13.1. The molecule has 2 heterocycles. The van der Waals surface area contributed by atoms with Gasteiger partial charge < -0.3 is 11.5 Å². The highest BCUT2D eigenvalue weighted by atomic mass is 19.4. The fourth-order valence-electron chi connectivity index (χ4n) is 6.25. The molecular formula is C43H30F6N6O2. The van der Waals surface area contributed by atoms with Gasteiger partial charge in [-0.3, -0.25) is 9.59 Å². The van der Waals surface area contributed by atoms with E-state index in [0.29, 0.717) is 33.9 Å². The highest BCUT2D eigenvalue weighted by Gasteiger charge is 2.36. The number of aromatic nitrogens is 4. The Labute approximate surface area is 320 Å². The number of primary amides is 2. The third-order valence-electron chi connectivity index (χ3n) is 9.13. The maximum Gasteiger partial charge on any atom is 0.435 e. The van der Waals surface area contributed by atoms with E-state index in [9.17, 15) is 35.9 Å². The molecule has 0 radical (unpaired) electrons. The number of amides is 2. The molecule has 0 unspecified atom stereocenters. The van der Waals surface area contributed by atoms with Crippen molar-refractivity contribution in [2.45, 2.75) is 19.3 Å². The fourth-order valence-corrected chi connectivity index (χ4v) is 6.25. The lowest BCUT2D eigenvalue weighted by Crippen LogP contribution is -2.11. The number of nitrogens with zero attached hydrogens (tertiary/aromatic N) is 4. The molecule has 6 aromatic carbocycles. The van der Waals surface area contributed by atoms with Crippen LogP contribution < -0.4 is 11.5 Å². The van der Waals surface area contributed by atoms with Crippen molar-refractivity contribution < 1.29 is 35.9 Å². The third kappa shape index (κ3) is 8.10. The Kier molecular flexibility index (Phi) is 9.88. The van der Waals surface area contributed by atoms with Crippen LogP contribution in [0.3, 0.4) is 0 Å². The number of nitrogens with two attached hydrogens (primary N) is 2. The van der Waals surface area contributed by atoms with Gasteiger partial charge in [0.05, 0.1) is 22.8 Å². The number of hydrogen-bond donors (Lipinski definition) is 2. The van der Waals surface area contributed by atoms with Crippen LogP contribution in [0.25, 0.3) is 55.4 Å². The predicted molar refractivity (Wildman–Crippen MR) is 205 cm³/mol. The van der Waals surface area contributed by atoms with E-state index in [-0.39, 0.29) is 11.1 Å². The number of carbonyl (C=O) groups excluding carboxylic acids is 2. The molecule has 0 saturated carbocycles. The molecule has 0 bridgehead atoms. The molecule has 0 aliphatic rings. The molecule has 2 aromatic heterocycles. The second-order valence-corrected chi connectivity index (χ2v) is 13.1. The van der Waals surface area contributed by atoms with Crippen LogP contribution in [-0.2, 0) is 12.4 Å². The van der Waals surface area contributed by atoms with E-state index >= 15 is 0 Å². The van der Waals surface area contributed by atoms with Crippen molar-refractivity contribution in [3.8, 4) is 33.9 Å². The molecule has 8 nitrogen and oxygen atoms in total. The summed E-state index contributed by atoms with van der Waals surface area (Å²) in [5.74, 6) is -1.23. The van der Waals surface area contributed by atoms with Gasteiger partial charge in [-0.25, -0.2) is 9.36 Å². The van der Waals surface area contributed by atoms with Gasteiger partial charge >= 0.3 is 12.4 Å². The summed E-state index contributed by atoms with van der Waals surface area (Å²) < 4.78 is 82.4. The lowest BCUT2D eigenvalue weighted by Gasteiger charge is -2.09. The molecule has 8 aromatic rings. The zero-order valence-electron chi connectivity index (χ0n) is 29.8. The Morgan fingerprint density at radius 1 is 0.491 bits per heavy atom. The largest absolute Gasteiger partial charge is 0.435 e. The zero-order chi connectivity index (χ0) is 40.6. The van der Waals surface area contributed by atoms with Gasteiger partial charge in [0.15, 0.2) is 11.4 Å². The predicted octanol–water partition coefficient (Wildman–Crippen LogP) is 9.93. The van der Waals surface area contributed by atoms with Crippen LogP contribution >= 0.6 is 0 Å². The molecule has 4 N–H and O–H groups in total. The number of alkyl halides is 6. The van der Waals surface area contributed by atoms with Crippen molar-refractivity contribution in [1.82, 2.24) is 19.6 Å². The van der Waals surface area contributed by atoms with Crippen LogP contribution in [0.15, 0.2) is 140 Å². The average molecular weight is 777 g/mol. The second kappa shape index (κ2) is 14.8. The SMILES string of the molecule is Cc1ccc2cc(-c3cc(C(F)(F)F)nn3-c3ccc(C(N)=O)cc3)ccc2c1.NC(=O)c1ccc(-n2nc(C(F)(F)F)cc2-c2ccc3ccccc3c2)cc1. The van der Waals surface area contributed by atoms with Crippen LogP contribution in [0.1, 0.15) is 37.7 Å². The maximum absolute atomic E-state index is 13.3. The van der Waals surface area contributed by atoms with E-state index in [1.54, 1.807) is 12.1 Å². The van der Waals surface area contributed by atoms with Gasteiger partial charge in [-0.15, -0.1) is 0 Å². The minimum absolute atomic E-state index is 0.263. The Morgan fingerprint density at radius 3 is 1.32 bits per heavy atom. The molecule has 2 amide bonds. The first-order chi connectivity index (χ1) is 27.0. The number of benzene rings is 6. The van der Waals surface area contributed by atoms with Crippen LogP contribution in [0, 0.1) is 6.92 Å². The molecule has 57 heavy (non-hydrogen) atoms. The number of rotatable bonds is 6. The van der Waals surface area contributed by atoms with Gasteiger partial charge in [0.2, 0.25) is 11.8 Å². The van der Waals surface area contributed by atoms with Gasteiger partial charge in [0, 0.05) is 22.3 Å². The lowest BCUT2D eigenvalue weighted by atomic mass is 10.0. The normalized spacial score (nSPS) is 11.7. The number of carbonyl (C=O) groups is 2. The Morgan fingerprint density at radius 2 is 0.877 bits per heavy atom. The van der Waals surface area contributed by atoms with Crippen LogP contribution in [0.5, 0.6) is 0 Å². The summed E-state index contributed by atoms with van der Waals surface area (Å²) >= 11 is 0. The summed E-state index contributed by atoms with van der Waals surface area (Å²) in [5.41, 5.74) is 12.7. The van der Waals surface area contributed by atoms with Gasteiger partial charge in [-0.1, -0.05) is 72.3 Å². The number of fused-ring (bicyclic) bond motifs is 2. The summed E-state index contributed by atoms with van der Waals surface area (Å²) in [6.07, 6.45) is -9.16.